The third-order valence-corrected chi connectivity index (χ3v) is 3.25. The van der Waals surface area contributed by atoms with Gasteiger partial charge in [-0.2, -0.15) is 0 Å². The van der Waals surface area contributed by atoms with Crippen molar-refractivity contribution in [3.05, 3.63) is 28.2 Å². The molecule has 4 nitrogen and oxygen atoms in total. The Morgan fingerprint density at radius 3 is 2.50 bits per heavy atom. The summed E-state index contributed by atoms with van der Waals surface area (Å²) in [5.74, 6) is 0.108. The predicted molar refractivity (Wildman–Crippen MR) is 81.6 cm³/mol. The fraction of sp³-hybridized carbons (Fsp3) is 0.462. The van der Waals surface area contributed by atoms with Crippen LogP contribution < -0.4 is 10.6 Å². The molecule has 0 atom stereocenters. The molecule has 5 heteroatoms. The number of hydrogen-bond donors (Lipinski definition) is 2. The lowest BCUT2D eigenvalue weighted by Crippen LogP contribution is -2.26. The number of amidine groups is 1. The van der Waals surface area contributed by atoms with Gasteiger partial charge in [0, 0.05) is 29.3 Å². The monoisotopic (exact) mass is 312 g/mol. The van der Waals surface area contributed by atoms with Gasteiger partial charge in [0.25, 0.3) is 0 Å². The molecule has 0 saturated heterocycles. The summed E-state index contributed by atoms with van der Waals surface area (Å²) in [7, 11) is 6.17. The second-order valence-corrected chi connectivity index (χ2v) is 5.57. The van der Waals surface area contributed by atoms with Crippen molar-refractivity contribution >= 4 is 27.5 Å². The summed E-state index contributed by atoms with van der Waals surface area (Å²) >= 11 is 3.46. The van der Waals surface area contributed by atoms with Gasteiger partial charge in [-0.25, -0.2) is 0 Å². The molecule has 1 rings (SSSR count). The molecule has 0 fully saturated rings. The van der Waals surface area contributed by atoms with Crippen LogP contribution in [0.25, 0.3) is 0 Å². The van der Waals surface area contributed by atoms with Crippen LogP contribution in [0.3, 0.4) is 0 Å². The summed E-state index contributed by atoms with van der Waals surface area (Å²) in [6.07, 6.45) is 1.08. The molecule has 0 radical (unpaired) electrons. The topological polar surface area (TPSA) is 56.4 Å². The Balaban J connectivity index is 2.80. The summed E-state index contributed by atoms with van der Waals surface area (Å²) in [5.41, 5.74) is 7.39. The van der Waals surface area contributed by atoms with Gasteiger partial charge in [-0.15, -0.1) is 0 Å². The summed E-state index contributed by atoms with van der Waals surface area (Å²) < 4.78 is 1.00. The molecule has 18 heavy (non-hydrogen) atoms. The van der Waals surface area contributed by atoms with Crippen LogP contribution in [-0.2, 0) is 0 Å². The zero-order chi connectivity index (χ0) is 13.7. The van der Waals surface area contributed by atoms with E-state index in [-0.39, 0.29) is 5.84 Å². The zero-order valence-electron chi connectivity index (χ0n) is 11.2. The van der Waals surface area contributed by atoms with Crippen molar-refractivity contribution in [3.63, 3.8) is 0 Å². The molecule has 0 unspecified atom stereocenters. The summed E-state index contributed by atoms with van der Waals surface area (Å²) in [6, 6.07) is 5.80. The Bertz CT molecular complexity index is 417. The first-order valence-corrected chi connectivity index (χ1v) is 6.71. The number of nitrogen functional groups attached to an aromatic ring is 1. The van der Waals surface area contributed by atoms with E-state index >= 15 is 0 Å². The number of nitrogens with one attached hydrogen (secondary N) is 1. The van der Waals surface area contributed by atoms with Crippen LogP contribution in [0, 0.1) is 5.41 Å². The van der Waals surface area contributed by atoms with E-state index in [1.54, 1.807) is 0 Å². The first kappa shape index (κ1) is 15.0. The highest BCUT2D eigenvalue weighted by Crippen LogP contribution is 2.24. The average molecular weight is 313 g/mol. The minimum Gasteiger partial charge on any atom is -0.384 e. The lowest BCUT2D eigenvalue weighted by atomic mass is 10.1. The van der Waals surface area contributed by atoms with Gasteiger partial charge in [-0.05, 0) is 45.3 Å². The Kier molecular flexibility index (Phi) is 5.62. The second kappa shape index (κ2) is 6.75. The molecule has 0 amide bonds. The van der Waals surface area contributed by atoms with Gasteiger partial charge in [0.2, 0.25) is 0 Å². The van der Waals surface area contributed by atoms with E-state index < -0.39 is 0 Å². The van der Waals surface area contributed by atoms with Crippen LogP contribution in [0.2, 0.25) is 0 Å². The van der Waals surface area contributed by atoms with Crippen molar-refractivity contribution < 1.29 is 0 Å². The minimum absolute atomic E-state index is 0.108. The smallest absolute Gasteiger partial charge is 0.124 e. The molecule has 0 aliphatic rings. The first-order valence-electron chi connectivity index (χ1n) is 5.91. The Morgan fingerprint density at radius 1 is 1.28 bits per heavy atom. The van der Waals surface area contributed by atoms with Gasteiger partial charge < -0.3 is 15.5 Å². The van der Waals surface area contributed by atoms with Crippen molar-refractivity contribution in [1.29, 1.82) is 5.41 Å². The lowest BCUT2D eigenvalue weighted by molar-refractivity contribution is 0.401. The highest BCUT2D eigenvalue weighted by atomic mass is 79.9. The molecule has 1 aromatic rings. The SMILES string of the molecule is CN(C)CCCN(C)c1cc(Br)ccc1C(=N)N. The number of benzene rings is 1. The second-order valence-electron chi connectivity index (χ2n) is 4.65. The zero-order valence-corrected chi connectivity index (χ0v) is 12.8. The van der Waals surface area contributed by atoms with E-state index in [9.17, 15) is 0 Å². The van der Waals surface area contributed by atoms with E-state index in [4.69, 9.17) is 11.1 Å². The highest BCUT2D eigenvalue weighted by molar-refractivity contribution is 9.10. The fourth-order valence-corrected chi connectivity index (χ4v) is 2.14. The van der Waals surface area contributed by atoms with E-state index in [1.807, 2.05) is 25.2 Å². The number of anilines is 1. The maximum Gasteiger partial charge on any atom is 0.124 e. The van der Waals surface area contributed by atoms with Gasteiger partial charge in [0.15, 0.2) is 0 Å². The van der Waals surface area contributed by atoms with Gasteiger partial charge >= 0.3 is 0 Å². The van der Waals surface area contributed by atoms with Crippen LogP contribution in [-0.4, -0.2) is 45.0 Å². The molecule has 0 aliphatic carbocycles. The standard InChI is InChI=1S/C13H21BrN4/c1-17(2)7-4-8-18(3)12-9-10(14)5-6-11(12)13(15)16/h5-6,9H,4,7-8H2,1-3H3,(H3,15,16). The molecule has 0 bridgehead atoms. The number of rotatable bonds is 6. The molecule has 1 aromatic carbocycles. The molecule has 3 N–H and O–H groups in total. The van der Waals surface area contributed by atoms with Crippen molar-refractivity contribution in [2.24, 2.45) is 5.73 Å². The van der Waals surface area contributed by atoms with E-state index in [1.165, 1.54) is 0 Å². The normalized spacial score (nSPS) is 10.7. The Morgan fingerprint density at radius 2 is 1.94 bits per heavy atom. The molecule has 0 saturated carbocycles. The maximum absolute atomic E-state index is 7.61. The van der Waals surface area contributed by atoms with Crippen molar-refractivity contribution in [2.75, 3.05) is 39.1 Å². The van der Waals surface area contributed by atoms with Crippen LogP contribution in [0.4, 0.5) is 5.69 Å². The quantitative estimate of drug-likeness (QED) is 0.625. The molecular formula is C13H21BrN4. The Labute approximate surface area is 117 Å². The molecular weight excluding hydrogens is 292 g/mol. The minimum atomic E-state index is 0.108. The highest BCUT2D eigenvalue weighted by Gasteiger charge is 2.10. The van der Waals surface area contributed by atoms with Crippen molar-refractivity contribution in [3.8, 4) is 0 Å². The van der Waals surface area contributed by atoms with Crippen LogP contribution in [0.1, 0.15) is 12.0 Å². The molecule has 0 aromatic heterocycles. The molecule has 100 valence electrons. The third-order valence-electron chi connectivity index (χ3n) is 2.76. The average Bonchev–Trinajstić information content (AvgIpc) is 2.27. The van der Waals surface area contributed by atoms with Crippen LogP contribution in [0.15, 0.2) is 22.7 Å². The number of nitrogens with two attached hydrogens (primary N) is 1. The van der Waals surface area contributed by atoms with Gasteiger partial charge in [0.1, 0.15) is 5.84 Å². The van der Waals surface area contributed by atoms with Crippen molar-refractivity contribution in [1.82, 2.24) is 4.90 Å². The third kappa shape index (κ3) is 4.31. The largest absolute Gasteiger partial charge is 0.384 e. The van der Waals surface area contributed by atoms with Gasteiger partial charge in [-0.1, -0.05) is 15.9 Å². The predicted octanol–water partition coefficient (Wildman–Crippen LogP) is 2.12. The van der Waals surface area contributed by atoms with Crippen molar-refractivity contribution in [2.45, 2.75) is 6.42 Å². The lowest BCUT2D eigenvalue weighted by Gasteiger charge is -2.23. The number of halogens is 1. The van der Waals surface area contributed by atoms with E-state index in [2.05, 4.69) is 39.8 Å². The number of hydrogen-bond acceptors (Lipinski definition) is 3. The molecule has 0 heterocycles. The van der Waals surface area contributed by atoms with Gasteiger partial charge in [-0.3, -0.25) is 5.41 Å². The van der Waals surface area contributed by atoms with Crippen LogP contribution in [0.5, 0.6) is 0 Å². The summed E-state index contributed by atoms with van der Waals surface area (Å²) in [6.45, 7) is 1.99. The molecule has 0 spiro atoms. The maximum atomic E-state index is 7.61. The Hall–Kier alpha value is -1.07. The van der Waals surface area contributed by atoms with Gasteiger partial charge in [0.05, 0.1) is 0 Å². The van der Waals surface area contributed by atoms with E-state index in [0.29, 0.717) is 0 Å². The summed E-state index contributed by atoms with van der Waals surface area (Å²) in [5, 5.41) is 7.61. The molecule has 0 aliphatic heterocycles. The summed E-state index contributed by atoms with van der Waals surface area (Å²) in [4.78, 5) is 4.31. The fourth-order valence-electron chi connectivity index (χ4n) is 1.79. The van der Waals surface area contributed by atoms with E-state index in [0.717, 1.165) is 35.2 Å². The number of nitrogens with zero attached hydrogens (tertiary/aromatic N) is 2. The first-order chi connectivity index (χ1) is 8.41. The van der Waals surface area contributed by atoms with Crippen LogP contribution >= 0.6 is 15.9 Å².